The maximum atomic E-state index is 9.59. The van der Waals surface area contributed by atoms with Gasteiger partial charge in [0.1, 0.15) is 0 Å². The molecule has 1 N–H and O–H groups in total. The minimum atomic E-state index is 0.0629. The summed E-state index contributed by atoms with van der Waals surface area (Å²) in [6.45, 7) is 4.46. The monoisotopic (exact) mass is 330 g/mol. The molecule has 126 valence electrons. The van der Waals surface area contributed by atoms with E-state index < -0.39 is 0 Å². The summed E-state index contributed by atoms with van der Waals surface area (Å²) in [5, 5.41) is 13.2. The van der Waals surface area contributed by atoms with Crippen LogP contribution in [0.15, 0.2) is 71.9 Å². The van der Waals surface area contributed by atoms with Crippen molar-refractivity contribution in [3.8, 4) is 16.9 Å². The van der Waals surface area contributed by atoms with E-state index in [0.717, 1.165) is 41.1 Å². The Morgan fingerprint density at radius 3 is 2.20 bits per heavy atom. The van der Waals surface area contributed by atoms with E-state index in [4.69, 9.17) is 0 Å². The number of hydrogen-bond acceptors (Lipinski definition) is 2. The highest BCUT2D eigenvalue weighted by Gasteiger charge is 2.34. The van der Waals surface area contributed by atoms with Crippen LogP contribution in [-0.2, 0) is 6.42 Å². The van der Waals surface area contributed by atoms with Gasteiger partial charge in [0.15, 0.2) is 0 Å². The van der Waals surface area contributed by atoms with Crippen LogP contribution in [0.3, 0.4) is 0 Å². The number of oxime groups is 1. The molecular weight excluding hydrogens is 308 g/mol. The molecule has 3 heteroatoms. The second-order valence-corrected chi connectivity index (χ2v) is 7.49. The molecule has 1 aliphatic carbocycles. The SMILES string of the molecule is CC1(C)C/C(=N\O)c2cc(-c3ccccc3)n(-c3ccccc3)c2C1. The Bertz CT molecular complexity index is 921. The van der Waals surface area contributed by atoms with Crippen molar-refractivity contribution in [2.45, 2.75) is 26.7 Å². The van der Waals surface area contributed by atoms with Gasteiger partial charge in [0.25, 0.3) is 0 Å². The lowest BCUT2D eigenvalue weighted by molar-refractivity contribution is 0.305. The summed E-state index contributed by atoms with van der Waals surface area (Å²) in [5.41, 5.74) is 6.55. The van der Waals surface area contributed by atoms with E-state index in [9.17, 15) is 5.21 Å². The quantitative estimate of drug-likeness (QED) is 0.503. The predicted octanol–water partition coefficient (Wildman–Crippen LogP) is 5.30. The molecule has 3 aromatic rings. The lowest BCUT2D eigenvalue weighted by Gasteiger charge is -2.31. The molecule has 1 aliphatic rings. The van der Waals surface area contributed by atoms with Gasteiger partial charge in [0.05, 0.1) is 11.4 Å². The normalized spacial score (nSPS) is 17.4. The van der Waals surface area contributed by atoms with Crippen LogP contribution in [0.4, 0.5) is 0 Å². The maximum absolute atomic E-state index is 9.59. The van der Waals surface area contributed by atoms with Crippen molar-refractivity contribution < 1.29 is 5.21 Å². The summed E-state index contributed by atoms with van der Waals surface area (Å²) in [7, 11) is 0. The topological polar surface area (TPSA) is 37.5 Å². The van der Waals surface area contributed by atoms with Crippen molar-refractivity contribution in [1.82, 2.24) is 4.57 Å². The molecule has 0 aliphatic heterocycles. The van der Waals surface area contributed by atoms with Crippen LogP contribution in [-0.4, -0.2) is 15.5 Å². The molecule has 0 atom stereocenters. The van der Waals surface area contributed by atoms with Crippen molar-refractivity contribution >= 4 is 5.71 Å². The van der Waals surface area contributed by atoms with Crippen LogP contribution in [0, 0.1) is 5.41 Å². The molecule has 0 saturated carbocycles. The lowest BCUT2D eigenvalue weighted by atomic mass is 9.76. The number of hydrogen-bond donors (Lipinski definition) is 1. The van der Waals surface area contributed by atoms with Gasteiger partial charge >= 0.3 is 0 Å². The van der Waals surface area contributed by atoms with Crippen LogP contribution in [0.1, 0.15) is 31.5 Å². The fourth-order valence-electron chi connectivity index (χ4n) is 3.82. The van der Waals surface area contributed by atoms with Crippen molar-refractivity contribution in [2.75, 3.05) is 0 Å². The number of nitrogens with zero attached hydrogens (tertiary/aromatic N) is 2. The summed E-state index contributed by atoms with van der Waals surface area (Å²) in [6, 6.07) is 23.0. The second kappa shape index (κ2) is 5.92. The zero-order valence-electron chi connectivity index (χ0n) is 14.6. The standard InChI is InChI=1S/C22H22N2O/c1-22(2)14-19(23-25)18-13-20(16-9-5-3-6-10-16)24(21(18)15-22)17-11-7-4-8-12-17/h3-13,25H,14-15H2,1-2H3/b23-19+. The highest BCUT2D eigenvalue weighted by Crippen LogP contribution is 2.40. The Labute approximate surface area is 148 Å². The summed E-state index contributed by atoms with van der Waals surface area (Å²) in [4.78, 5) is 0. The molecule has 0 spiro atoms. The highest BCUT2D eigenvalue weighted by atomic mass is 16.4. The molecule has 25 heavy (non-hydrogen) atoms. The predicted molar refractivity (Wildman–Crippen MR) is 102 cm³/mol. The first-order valence-electron chi connectivity index (χ1n) is 8.66. The Kier molecular flexibility index (Phi) is 3.72. The van der Waals surface area contributed by atoms with E-state index in [2.05, 4.69) is 78.2 Å². The maximum Gasteiger partial charge on any atom is 0.0891 e. The zero-order chi connectivity index (χ0) is 17.4. The molecule has 1 heterocycles. The van der Waals surface area contributed by atoms with Gasteiger partial charge in [-0.1, -0.05) is 67.5 Å². The van der Waals surface area contributed by atoms with Crippen molar-refractivity contribution in [1.29, 1.82) is 0 Å². The largest absolute Gasteiger partial charge is 0.411 e. The first-order chi connectivity index (χ1) is 12.1. The molecule has 0 bridgehead atoms. The van der Waals surface area contributed by atoms with E-state index in [1.54, 1.807) is 0 Å². The van der Waals surface area contributed by atoms with Gasteiger partial charge in [0, 0.05) is 16.9 Å². The minimum absolute atomic E-state index is 0.0629. The Morgan fingerprint density at radius 1 is 0.920 bits per heavy atom. The van der Waals surface area contributed by atoms with E-state index in [1.165, 1.54) is 5.69 Å². The molecule has 1 aromatic heterocycles. The third-order valence-corrected chi connectivity index (χ3v) is 4.91. The fraction of sp³-hybridized carbons (Fsp3) is 0.227. The molecule has 0 radical (unpaired) electrons. The first-order valence-corrected chi connectivity index (χ1v) is 8.66. The smallest absolute Gasteiger partial charge is 0.0891 e. The van der Waals surface area contributed by atoms with Crippen LogP contribution in [0.25, 0.3) is 16.9 Å². The number of aromatic nitrogens is 1. The molecule has 0 amide bonds. The lowest BCUT2D eigenvalue weighted by Crippen LogP contribution is -2.28. The third kappa shape index (κ3) is 2.76. The molecule has 4 rings (SSSR count). The average Bonchev–Trinajstić information content (AvgIpc) is 3.00. The van der Waals surface area contributed by atoms with Crippen molar-refractivity contribution in [2.24, 2.45) is 10.6 Å². The average molecular weight is 330 g/mol. The molecule has 3 nitrogen and oxygen atoms in total. The minimum Gasteiger partial charge on any atom is -0.411 e. The summed E-state index contributed by atoms with van der Waals surface area (Å²) in [6.07, 6.45) is 1.73. The number of fused-ring (bicyclic) bond motifs is 1. The third-order valence-electron chi connectivity index (χ3n) is 4.91. The highest BCUT2D eigenvalue weighted by molar-refractivity contribution is 6.04. The van der Waals surface area contributed by atoms with Gasteiger partial charge in [0.2, 0.25) is 0 Å². The van der Waals surface area contributed by atoms with E-state index in [1.807, 2.05) is 12.1 Å². The molecular formula is C22H22N2O. The van der Waals surface area contributed by atoms with Crippen molar-refractivity contribution in [3.63, 3.8) is 0 Å². The summed E-state index contributed by atoms with van der Waals surface area (Å²) in [5.74, 6) is 0. The Balaban J connectivity index is 2.02. The Hall–Kier alpha value is -2.81. The Morgan fingerprint density at radius 2 is 1.56 bits per heavy atom. The van der Waals surface area contributed by atoms with E-state index in [0.29, 0.717) is 0 Å². The van der Waals surface area contributed by atoms with Crippen LogP contribution in [0.5, 0.6) is 0 Å². The number of para-hydroxylation sites is 1. The van der Waals surface area contributed by atoms with Gasteiger partial charge in [-0.3, -0.25) is 0 Å². The fourth-order valence-corrected chi connectivity index (χ4v) is 3.82. The van der Waals surface area contributed by atoms with Crippen LogP contribution in [0.2, 0.25) is 0 Å². The molecule has 0 saturated heterocycles. The summed E-state index contributed by atoms with van der Waals surface area (Å²) >= 11 is 0. The first kappa shape index (κ1) is 15.7. The number of benzene rings is 2. The van der Waals surface area contributed by atoms with E-state index >= 15 is 0 Å². The second-order valence-electron chi connectivity index (χ2n) is 7.49. The molecule has 2 aromatic carbocycles. The number of rotatable bonds is 2. The molecule has 0 fully saturated rings. The van der Waals surface area contributed by atoms with Gasteiger partial charge in [-0.05, 0) is 42.0 Å². The van der Waals surface area contributed by atoms with Crippen LogP contribution < -0.4 is 0 Å². The summed E-state index contributed by atoms with van der Waals surface area (Å²) < 4.78 is 2.32. The zero-order valence-corrected chi connectivity index (χ0v) is 14.6. The van der Waals surface area contributed by atoms with Crippen LogP contribution >= 0.6 is 0 Å². The van der Waals surface area contributed by atoms with Gasteiger partial charge in [-0.25, -0.2) is 0 Å². The van der Waals surface area contributed by atoms with E-state index in [-0.39, 0.29) is 5.41 Å². The van der Waals surface area contributed by atoms with Gasteiger partial charge in [-0.2, -0.15) is 0 Å². The van der Waals surface area contributed by atoms with Crippen molar-refractivity contribution in [3.05, 3.63) is 78.0 Å². The van der Waals surface area contributed by atoms with Gasteiger partial charge < -0.3 is 9.77 Å². The van der Waals surface area contributed by atoms with Gasteiger partial charge in [-0.15, -0.1) is 0 Å². The molecule has 0 unspecified atom stereocenters.